The van der Waals surface area contributed by atoms with Crippen molar-refractivity contribution in [2.24, 2.45) is 0 Å². The zero-order valence-electron chi connectivity index (χ0n) is 9.74. The normalized spacial score (nSPS) is 25.3. The topological polar surface area (TPSA) is 58.2 Å². The molecule has 1 aliphatic heterocycles. The summed E-state index contributed by atoms with van der Waals surface area (Å²) in [7, 11) is -3.44. The third kappa shape index (κ3) is 3.55. The second-order valence-corrected chi connectivity index (χ2v) is 9.82. The maximum Gasteiger partial charge on any atom is 0.242 e. The van der Waals surface area contributed by atoms with Gasteiger partial charge in [-0.25, -0.2) is 13.1 Å². The fourth-order valence-electron chi connectivity index (χ4n) is 2.03. The fraction of sp³-hybridized carbons (Fsp3) is 0.600. The highest BCUT2D eigenvalue weighted by Gasteiger charge is 2.26. The van der Waals surface area contributed by atoms with Crippen LogP contribution in [0.4, 0.5) is 0 Å². The lowest BCUT2D eigenvalue weighted by Gasteiger charge is -2.28. The third-order valence-electron chi connectivity index (χ3n) is 2.86. The number of piperidine rings is 1. The number of hydrogen-bond acceptors (Lipinski definition) is 4. The van der Waals surface area contributed by atoms with E-state index in [1.807, 2.05) is 0 Å². The molecule has 18 heavy (non-hydrogen) atoms. The van der Waals surface area contributed by atoms with Crippen molar-refractivity contribution in [1.82, 2.24) is 10.0 Å². The molecular weight excluding hydrogens is 404 g/mol. The van der Waals surface area contributed by atoms with Crippen LogP contribution < -0.4 is 10.0 Å². The maximum absolute atomic E-state index is 12.3. The molecule has 2 rings (SSSR count). The van der Waals surface area contributed by atoms with Gasteiger partial charge in [-0.3, -0.25) is 0 Å². The van der Waals surface area contributed by atoms with Crippen LogP contribution in [-0.2, 0) is 10.0 Å². The van der Waals surface area contributed by atoms with Crippen LogP contribution in [0.5, 0.6) is 0 Å². The standard InChI is InChI=1S/C10H14Br2N2O2S2/c1-6-4-7(2-3-13-6)14-18(15,16)8-5-9(11)17-10(8)12/h5-7,13-14H,2-4H2,1H3. The first-order valence-electron chi connectivity index (χ1n) is 5.59. The van der Waals surface area contributed by atoms with Crippen LogP contribution in [0, 0.1) is 0 Å². The molecule has 0 bridgehead atoms. The molecule has 1 aromatic rings. The molecular formula is C10H14Br2N2O2S2. The van der Waals surface area contributed by atoms with E-state index in [-0.39, 0.29) is 6.04 Å². The van der Waals surface area contributed by atoms with Crippen LogP contribution in [0.1, 0.15) is 19.8 Å². The molecule has 0 aliphatic carbocycles. The minimum absolute atomic E-state index is 0.0109. The lowest BCUT2D eigenvalue weighted by molar-refractivity contribution is 0.361. The van der Waals surface area contributed by atoms with E-state index < -0.39 is 10.0 Å². The zero-order valence-corrected chi connectivity index (χ0v) is 14.5. The van der Waals surface area contributed by atoms with Crippen molar-refractivity contribution in [1.29, 1.82) is 0 Å². The second-order valence-electron chi connectivity index (χ2n) is 4.39. The van der Waals surface area contributed by atoms with Gasteiger partial charge in [0.15, 0.2) is 0 Å². The molecule has 2 heterocycles. The van der Waals surface area contributed by atoms with Crippen LogP contribution in [-0.4, -0.2) is 27.0 Å². The van der Waals surface area contributed by atoms with E-state index in [1.165, 1.54) is 11.3 Å². The van der Waals surface area contributed by atoms with E-state index in [0.29, 0.717) is 14.7 Å². The van der Waals surface area contributed by atoms with E-state index in [9.17, 15) is 8.42 Å². The molecule has 0 radical (unpaired) electrons. The largest absolute Gasteiger partial charge is 0.314 e. The summed E-state index contributed by atoms with van der Waals surface area (Å²) in [6.07, 6.45) is 1.65. The Kier molecular flexibility index (Phi) is 4.88. The van der Waals surface area contributed by atoms with Crippen LogP contribution >= 0.6 is 43.2 Å². The van der Waals surface area contributed by atoms with Gasteiger partial charge in [0.2, 0.25) is 10.0 Å². The summed E-state index contributed by atoms with van der Waals surface area (Å²) in [6.45, 7) is 2.92. The summed E-state index contributed by atoms with van der Waals surface area (Å²) in [6, 6.07) is 1.99. The van der Waals surface area contributed by atoms with Gasteiger partial charge in [0, 0.05) is 12.1 Å². The van der Waals surface area contributed by atoms with Crippen molar-refractivity contribution in [3.8, 4) is 0 Å². The van der Waals surface area contributed by atoms with Crippen LogP contribution in [0.3, 0.4) is 0 Å². The summed E-state index contributed by atoms with van der Waals surface area (Å²) >= 11 is 7.94. The first-order valence-corrected chi connectivity index (χ1v) is 9.47. The highest BCUT2D eigenvalue weighted by atomic mass is 79.9. The smallest absolute Gasteiger partial charge is 0.242 e. The Morgan fingerprint density at radius 1 is 1.50 bits per heavy atom. The molecule has 4 nitrogen and oxygen atoms in total. The fourth-order valence-corrected chi connectivity index (χ4v) is 7.13. The van der Waals surface area contributed by atoms with Crippen molar-refractivity contribution in [2.75, 3.05) is 6.54 Å². The monoisotopic (exact) mass is 416 g/mol. The van der Waals surface area contributed by atoms with Gasteiger partial charge in [0.1, 0.15) is 4.90 Å². The Morgan fingerprint density at radius 3 is 2.78 bits per heavy atom. The first-order chi connectivity index (χ1) is 8.38. The van der Waals surface area contributed by atoms with Crippen molar-refractivity contribution in [2.45, 2.75) is 36.7 Å². The number of halogens is 2. The molecule has 1 saturated heterocycles. The van der Waals surface area contributed by atoms with Crippen LogP contribution in [0.15, 0.2) is 18.5 Å². The molecule has 2 atom stereocenters. The van der Waals surface area contributed by atoms with Gasteiger partial charge >= 0.3 is 0 Å². The molecule has 1 aromatic heterocycles. The minimum atomic E-state index is -3.44. The Hall–Kier alpha value is 0.530. The molecule has 8 heteroatoms. The minimum Gasteiger partial charge on any atom is -0.314 e. The van der Waals surface area contributed by atoms with Gasteiger partial charge in [-0.15, -0.1) is 11.3 Å². The van der Waals surface area contributed by atoms with Gasteiger partial charge in [-0.05, 0) is 64.2 Å². The predicted octanol–water partition coefficient (Wildman–Crippen LogP) is 2.69. The lowest BCUT2D eigenvalue weighted by Crippen LogP contribution is -2.46. The van der Waals surface area contributed by atoms with Gasteiger partial charge in [0.25, 0.3) is 0 Å². The third-order valence-corrected chi connectivity index (χ3v) is 7.14. The summed E-state index contributed by atoms with van der Waals surface area (Å²) in [5, 5.41) is 3.30. The summed E-state index contributed by atoms with van der Waals surface area (Å²) in [4.78, 5) is 0.311. The number of hydrogen-bond donors (Lipinski definition) is 2. The zero-order chi connectivity index (χ0) is 13.3. The molecule has 0 spiro atoms. The molecule has 0 amide bonds. The molecule has 1 aliphatic rings. The Bertz CT molecular complexity index is 530. The van der Waals surface area contributed by atoms with Gasteiger partial charge in [-0.1, -0.05) is 0 Å². The van der Waals surface area contributed by atoms with Crippen LogP contribution in [0.2, 0.25) is 0 Å². The molecule has 2 N–H and O–H groups in total. The highest BCUT2D eigenvalue weighted by Crippen LogP contribution is 2.35. The number of rotatable bonds is 3. The van der Waals surface area contributed by atoms with Crippen molar-refractivity contribution in [3.05, 3.63) is 13.6 Å². The molecule has 1 fully saturated rings. The number of thiophene rings is 1. The average Bonchev–Trinajstić information content (AvgIpc) is 2.58. The van der Waals surface area contributed by atoms with Gasteiger partial charge < -0.3 is 5.32 Å². The molecule has 102 valence electrons. The summed E-state index contributed by atoms with van der Waals surface area (Å²) in [5.41, 5.74) is 0. The first kappa shape index (κ1) is 14.9. The summed E-state index contributed by atoms with van der Waals surface area (Å²) in [5.74, 6) is 0. The lowest BCUT2D eigenvalue weighted by atomic mass is 10.0. The Morgan fingerprint density at radius 2 is 2.22 bits per heavy atom. The maximum atomic E-state index is 12.3. The molecule has 0 saturated carbocycles. The highest BCUT2D eigenvalue weighted by molar-refractivity contribution is 9.12. The molecule has 2 unspecified atom stereocenters. The summed E-state index contributed by atoms with van der Waals surface area (Å²) < 4.78 is 28.7. The van der Waals surface area contributed by atoms with E-state index in [1.54, 1.807) is 6.07 Å². The number of sulfonamides is 1. The van der Waals surface area contributed by atoms with Gasteiger partial charge in [-0.2, -0.15) is 0 Å². The SMILES string of the molecule is CC1CC(NS(=O)(=O)c2cc(Br)sc2Br)CCN1. The van der Waals surface area contributed by atoms with E-state index in [2.05, 4.69) is 48.8 Å². The second kappa shape index (κ2) is 5.88. The van der Waals surface area contributed by atoms with Crippen LogP contribution in [0.25, 0.3) is 0 Å². The van der Waals surface area contributed by atoms with Gasteiger partial charge in [0.05, 0.1) is 7.57 Å². The number of nitrogens with one attached hydrogen (secondary N) is 2. The predicted molar refractivity (Wildman–Crippen MR) is 80.5 cm³/mol. The average molecular weight is 418 g/mol. The Labute approximate surface area is 128 Å². The van der Waals surface area contributed by atoms with E-state index in [0.717, 1.165) is 23.2 Å². The van der Waals surface area contributed by atoms with E-state index >= 15 is 0 Å². The van der Waals surface area contributed by atoms with Crippen molar-refractivity contribution in [3.63, 3.8) is 0 Å². The van der Waals surface area contributed by atoms with E-state index in [4.69, 9.17) is 0 Å². The quantitative estimate of drug-likeness (QED) is 0.794. The van der Waals surface area contributed by atoms with Crippen molar-refractivity contribution < 1.29 is 8.42 Å². The van der Waals surface area contributed by atoms with Crippen molar-refractivity contribution >= 4 is 53.2 Å². The Balaban J connectivity index is 2.14. The molecule has 0 aromatic carbocycles.